The molecule has 0 unspecified atom stereocenters. The van der Waals surface area contributed by atoms with E-state index in [2.05, 4.69) is 29.4 Å². The van der Waals surface area contributed by atoms with Gasteiger partial charge in [-0.1, -0.05) is 13.8 Å². The van der Waals surface area contributed by atoms with Gasteiger partial charge in [-0.3, -0.25) is 14.5 Å². The molecule has 6 heteroatoms. The first-order chi connectivity index (χ1) is 12.1. The summed E-state index contributed by atoms with van der Waals surface area (Å²) in [5.74, 6) is -0.148. The molecular formula is C19H31N3O3. The maximum atomic E-state index is 12.2. The van der Waals surface area contributed by atoms with Crippen molar-refractivity contribution in [2.45, 2.75) is 33.1 Å². The molecule has 0 fully saturated rings. The highest BCUT2D eigenvalue weighted by atomic mass is 16.5. The van der Waals surface area contributed by atoms with E-state index in [0.29, 0.717) is 30.9 Å². The van der Waals surface area contributed by atoms with Gasteiger partial charge in [0, 0.05) is 31.5 Å². The van der Waals surface area contributed by atoms with E-state index in [4.69, 9.17) is 4.74 Å². The second kappa shape index (κ2) is 12.4. The van der Waals surface area contributed by atoms with Gasteiger partial charge in [-0.2, -0.15) is 0 Å². The lowest BCUT2D eigenvalue weighted by Gasteiger charge is -2.20. The Hall–Kier alpha value is -1.92. The smallest absolute Gasteiger partial charge is 0.251 e. The summed E-state index contributed by atoms with van der Waals surface area (Å²) in [6.45, 7) is 7.66. The van der Waals surface area contributed by atoms with E-state index in [-0.39, 0.29) is 11.8 Å². The maximum absolute atomic E-state index is 12.2. The fourth-order valence-corrected chi connectivity index (χ4v) is 2.53. The Morgan fingerprint density at radius 1 is 1.08 bits per heavy atom. The van der Waals surface area contributed by atoms with Gasteiger partial charge >= 0.3 is 0 Å². The normalized spacial score (nSPS) is 10.7. The molecule has 1 aromatic carbocycles. The number of nitrogens with one attached hydrogen (secondary N) is 2. The summed E-state index contributed by atoms with van der Waals surface area (Å²) >= 11 is 0. The van der Waals surface area contributed by atoms with E-state index < -0.39 is 0 Å². The third kappa shape index (κ3) is 8.65. The minimum atomic E-state index is -0.119. The first-order valence-electron chi connectivity index (χ1n) is 9.00. The number of hydrogen-bond donors (Lipinski definition) is 2. The lowest BCUT2D eigenvalue weighted by molar-refractivity contribution is -0.117. The van der Waals surface area contributed by atoms with Crippen molar-refractivity contribution in [3.63, 3.8) is 0 Å². The van der Waals surface area contributed by atoms with Gasteiger partial charge in [0.15, 0.2) is 0 Å². The highest BCUT2D eigenvalue weighted by Gasteiger charge is 2.10. The van der Waals surface area contributed by atoms with Crippen LogP contribution in [0.15, 0.2) is 24.3 Å². The minimum absolute atomic E-state index is 0.0290. The second-order valence-corrected chi connectivity index (χ2v) is 6.00. The zero-order valence-electron chi connectivity index (χ0n) is 15.6. The molecule has 0 aliphatic carbocycles. The first kappa shape index (κ1) is 21.1. The number of nitrogens with zero attached hydrogens (tertiary/aromatic N) is 1. The van der Waals surface area contributed by atoms with E-state index in [1.165, 1.54) is 0 Å². The predicted octanol–water partition coefficient (Wildman–Crippen LogP) is 2.51. The van der Waals surface area contributed by atoms with Crippen molar-refractivity contribution >= 4 is 17.5 Å². The van der Waals surface area contributed by atoms with Crippen LogP contribution >= 0.6 is 0 Å². The molecule has 0 heterocycles. The van der Waals surface area contributed by atoms with Crippen LogP contribution in [0.5, 0.6) is 0 Å². The first-order valence-corrected chi connectivity index (χ1v) is 9.00. The molecule has 25 heavy (non-hydrogen) atoms. The van der Waals surface area contributed by atoms with Gasteiger partial charge in [-0.05, 0) is 56.6 Å². The molecule has 0 bridgehead atoms. The zero-order valence-corrected chi connectivity index (χ0v) is 15.6. The SMILES string of the molecule is CCCN(CCC)CC(=O)Nc1ccc(C(=O)NCCCOC)cc1. The Bertz CT molecular complexity index is 511. The summed E-state index contributed by atoms with van der Waals surface area (Å²) < 4.78 is 4.94. The van der Waals surface area contributed by atoms with Crippen LogP contribution in [0.2, 0.25) is 0 Å². The molecule has 0 radical (unpaired) electrons. The van der Waals surface area contributed by atoms with Crippen LogP contribution in [0.4, 0.5) is 5.69 Å². The Kier molecular flexibility index (Phi) is 10.5. The van der Waals surface area contributed by atoms with E-state index in [1.54, 1.807) is 31.4 Å². The molecule has 6 nitrogen and oxygen atoms in total. The van der Waals surface area contributed by atoms with Crippen LogP contribution in [0, 0.1) is 0 Å². The molecular weight excluding hydrogens is 318 g/mol. The van der Waals surface area contributed by atoms with Crippen LogP contribution in [0.3, 0.4) is 0 Å². The lowest BCUT2D eigenvalue weighted by Crippen LogP contribution is -2.34. The molecule has 0 aliphatic rings. The van der Waals surface area contributed by atoms with Gasteiger partial charge in [0.1, 0.15) is 0 Å². The van der Waals surface area contributed by atoms with E-state index in [1.807, 2.05) is 0 Å². The summed E-state index contributed by atoms with van der Waals surface area (Å²) in [5.41, 5.74) is 1.28. The number of carbonyl (C=O) groups excluding carboxylic acids is 2. The van der Waals surface area contributed by atoms with Crippen molar-refractivity contribution in [2.75, 3.05) is 45.2 Å². The molecule has 1 rings (SSSR count). The number of methoxy groups -OCH3 is 1. The van der Waals surface area contributed by atoms with Crippen molar-refractivity contribution in [3.8, 4) is 0 Å². The molecule has 2 amide bonds. The molecule has 1 aromatic rings. The Balaban J connectivity index is 2.47. The van der Waals surface area contributed by atoms with Crippen molar-refractivity contribution in [1.29, 1.82) is 0 Å². The zero-order chi connectivity index (χ0) is 18.5. The molecule has 0 atom stereocenters. The van der Waals surface area contributed by atoms with Crippen molar-refractivity contribution in [1.82, 2.24) is 10.2 Å². The summed E-state index contributed by atoms with van der Waals surface area (Å²) in [7, 11) is 1.64. The number of rotatable bonds is 12. The lowest BCUT2D eigenvalue weighted by atomic mass is 10.2. The van der Waals surface area contributed by atoms with Gasteiger partial charge in [-0.25, -0.2) is 0 Å². The Morgan fingerprint density at radius 3 is 2.28 bits per heavy atom. The predicted molar refractivity (Wildman–Crippen MR) is 101 cm³/mol. The minimum Gasteiger partial charge on any atom is -0.385 e. The number of benzene rings is 1. The number of hydrogen-bond acceptors (Lipinski definition) is 4. The highest BCUT2D eigenvalue weighted by Crippen LogP contribution is 2.10. The standard InChI is InChI=1S/C19H31N3O3/c1-4-12-22(13-5-2)15-18(23)21-17-9-7-16(8-10-17)19(24)20-11-6-14-25-3/h7-10H,4-6,11-15H2,1-3H3,(H,20,24)(H,21,23). The highest BCUT2D eigenvalue weighted by molar-refractivity contribution is 5.96. The topological polar surface area (TPSA) is 70.7 Å². The van der Waals surface area contributed by atoms with Crippen molar-refractivity contribution in [3.05, 3.63) is 29.8 Å². The van der Waals surface area contributed by atoms with Crippen LogP contribution in [0.1, 0.15) is 43.5 Å². The quantitative estimate of drug-likeness (QED) is 0.569. The van der Waals surface area contributed by atoms with Gasteiger partial charge in [0.2, 0.25) is 5.91 Å². The summed E-state index contributed by atoms with van der Waals surface area (Å²) in [5, 5.41) is 5.72. The van der Waals surface area contributed by atoms with Crippen LogP contribution in [-0.4, -0.2) is 56.6 Å². The largest absolute Gasteiger partial charge is 0.385 e. The molecule has 0 aliphatic heterocycles. The van der Waals surface area contributed by atoms with Gasteiger partial charge < -0.3 is 15.4 Å². The third-order valence-corrected chi connectivity index (χ3v) is 3.69. The number of amides is 2. The average Bonchev–Trinajstić information content (AvgIpc) is 2.59. The molecule has 0 saturated carbocycles. The average molecular weight is 349 g/mol. The Morgan fingerprint density at radius 2 is 1.72 bits per heavy atom. The van der Waals surface area contributed by atoms with Gasteiger partial charge in [0.05, 0.1) is 6.54 Å². The van der Waals surface area contributed by atoms with Crippen molar-refractivity contribution in [2.24, 2.45) is 0 Å². The van der Waals surface area contributed by atoms with Crippen LogP contribution in [-0.2, 0) is 9.53 Å². The van der Waals surface area contributed by atoms with E-state index in [9.17, 15) is 9.59 Å². The van der Waals surface area contributed by atoms with Gasteiger partial charge in [0.25, 0.3) is 5.91 Å². The van der Waals surface area contributed by atoms with Gasteiger partial charge in [-0.15, -0.1) is 0 Å². The van der Waals surface area contributed by atoms with E-state index in [0.717, 1.165) is 32.4 Å². The number of carbonyl (C=O) groups is 2. The summed E-state index contributed by atoms with van der Waals surface area (Å²) in [6, 6.07) is 6.95. The number of anilines is 1. The fourth-order valence-electron chi connectivity index (χ4n) is 2.53. The van der Waals surface area contributed by atoms with Crippen LogP contribution < -0.4 is 10.6 Å². The third-order valence-electron chi connectivity index (χ3n) is 3.69. The molecule has 2 N–H and O–H groups in total. The monoisotopic (exact) mass is 349 g/mol. The van der Waals surface area contributed by atoms with E-state index >= 15 is 0 Å². The fraction of sp³-hybridized carbons (Fsp3) is 0.579. The molecule has 0 saturated heterocycles. The second-order valence-electron chi connectivity index (χ2n) is 6.00. The van der Waals surface area contributed by atoms with Crippen molar-refractivity contribution < 1.29 is 14.3 Å². The summed E-state index contributed by atoms with van der Waals surface area (Å²) in [6.07, 6.45) is 2.84. The van der Waals surface area contributed by atoms with Crippen LogP contribution in [0.25, 0.3) is 0 Å². The Labute approximate surface area is 150 Å². The molecule has 0 aromatic heterocycles. The molecule has 140 valence electrons. The summed E-state index contributed by atoms with van der Waals surface area (Å²) in [4.78, 5) is 26.3. The maximum Gasteiger partial charge on any atom is 0.251 e. The molecule has 0 spiro atoms. The number of ether oxygens (including phenoxy) is 1.